The van der Waals surface area contributed by atoms with Crippen molar-refractivity contribution in [3.05, 3.63) is 16.1 Å². The zero-order valence-corrected chi connectivity index (χ0v) is 10.8. The van der Waals surface area contributed by atoms with Crippen LogP contribution in [0.4, 0.5) is 13.2 Å². The predicted octanol–water partition coefficient (Wildman–Crippen LogP) is 3.31. The maximum atomic E-state index is 12.2. The molecular formula is C11H17F3N2S. The van der Waals surface area contributed by atoms with Gasteiger partial charge in [-0.25, -0.2) is 4.98 Å². The summed E-state index contributed by atoms with van der Waals surface area (Å²) in [4.78, 5) is 4.27. The van der Waals surface area contributed by atoms with Crippen molar-refractivity contribution < 1.29 is 13.2 Å². The monoisotopic (exact) mass is 266 g/mol. The van der Waals surface area contributed by atoms with E-state index in [2.05, 4.69) is 10.3 Å². The molecule has 0 saturated heterocycles. The minimum absolute atomic E-state index is 0.105. The first kappa shape index (κ1) is 14.4. The second-order valence-electron chi connectivity index (χ2n) is 3.97. The molecule has 17 heavy (non-hydrogen) atoms. The molecule has 1 rings (SSSR count). The topological polar surface area (TPSA) is 24.9 Å². The van der Waals surface area contributed by atoms with Crippen molar-refractivity contribution in [2.45, 2.75) is 45.3 Å². The molecule has 0 radical (unpaired) electrons. The molecule has 0 bridgehead atoms. The lowest BCUT2D eigenvalue weighted by atomic mass is 10.1. The van der Waals surface area contributed by atoms with Crippen molar-refractivity contribution in [3.8, 4) is 0 Å². The Labute approximate surface area is 103 Å². The van der Waals surface area contributed by atoms with Crippen molar-refractivity contribution in [3.63, 3.8) is 0 Å². The lowest BCUT2D eigenvalue weighted by Gasteiger charge is -2.17. The lowest BCUT2D eigenvalue weighted by Crippen LogP contribution is -2.32. The zero-order chi connectivity index (χ0) is 12.9. The summed E-state index contributed by atoms with van der Waals surface area (Å²) >= 11 is 1.53. The van der Waals surface area contributed by atoms with Crippen LogP contribution >= 0.6 is 11.3 Å². The number of halogens is 3. The Balaban J connectivity index is 2.48. The molecule has 6 heteroatoms. The molecule has 2 nitrogen and oxygen atoms in total. The van der Waals surface area contributed by atoms with Gasteiger partial charge < -0.3 is 5.32 Å². The third-order valence-electron chi connectivity index (χ3n) is 2.39. The summed E-state index contributed by atoms with van der Waals surface area (Å²) in [6.45, 7) is 4.46. The van der Waals surface area contributed by atoms with Crippen molar-refractivity contribution in [1.29, 1.82) is 0 Å². The Bertz CT molecular complexity index is 336. The Morgan fingerprint density at radius 2 is 2.18 bits per heavy atom. The van der Waals surface area contributed by atoms with Gasteiger partial charge >= 0.3 is 6.18 Å². The minimum Gasteiger partial charge on any atom is -0.314 e. The predicted molar refractivity (Wildman–Crippen MR) is 63.3 cm³/mol. The number of aryl methyl sites for hydroxylation is 1. The first-order chi connectivity index (χ1) is 7.90. The fraction of sp³-hybridized carbons (Fsp3) is 0.727. The van der Waals surface area contributed by atoms with Gasteiger partial charge in [0.25, 0.3) is 0 Å². The average Bonchev–Trinajstić information content (AvgIpc) is 2.60. The number of nitrogens with zero attached hydrogens (tertiary/aromatic N) is 1. The van der Waals surface area contributed by atoms with Gasteiger partial charge in [-0.1, -0.05) is 6.92 Å². The van der Waals surface area contributed by atoms with Gasteiger partial charge in [-0.15, -0.1) is 11.3 Å². The van der Waals surface area contributed by atoms with Gasteiger partial charge in [0, 0.05) is 24.3 Å². The first-order valence-electron chi connectivity index (χ1n) is 5.62. The summed E-state index contributed by atoms with van der Waals surface area (Å²) in [6, 6.07) is -0.150. The molecule has 0 aliphatic heterocycles. The smallest absolute Gasteiger partial charge is 0.314 e. The molecule has 0 aromatic carbocycles. The zero-order valence-electron chi connectivity index (χ0n) is 9.97. The van der Waals surface area contributed by atoms with E-state index in [-0.39, 0.29) is 12.5 Å². The maximum Gasteiger partial charge on any atom is 0.389 e. The van der Waals surface area contributed by atoms with Crippen molar-refractivity contribution in [2.24, 2.45) is 0 Å². The van der Waals surface area contributed by atoms with Crippen molar-refractivity contribution in [2.75, 3.05) is 6.54 Å². The highest BCUT2D eigenvalue weighted by Gasteiger charge is 2.28. The molecular weight excluding hydrogens is 249 g/mol. The molecule has 1 unspecified atom stereocenters. The van der Waals surface area contributed by atoms with E-state index in [0.717, 1.165) is 10.7 Å². The highest BCUT2D eigenvalue weighted by Crippen LogP contribution is 2.23. The van der Waals surface area contributed by atoms with E-state index in [4.69, 9.17) is 0 Å². The lowest BCUT2D eigenvalue weighted by molar-refractivity contribution is -0.136. The number of rotatable bonds is 6. The highest BCUT2D eigenvalue weighted by molar-refractivity contribution is 7.09. The number of alkyl halides is 3. The third kappa shape index (κ3) is 6.02. The molecule has 0 spiro atoms. The molecule has 98 valence electrons. The van der Waals surface area contributed by atoms with E-state index in [1.54, 1.807) is 0 Å². The van der Waals surface area contributed by atoms with Gasteiger partial charge in [-0.2, -0.15) is 13.2 Å². The van der Waals surface area contributed by atoms with Crippen LogP contribution in [0.1, 0.15) is 30.5 Å². The van der Waals surface area contributed by atoms with E-state index in [0.29, 0.717) is 13.0 Å². The minimum atomic E-state index is -4.08. The van der Waals surface area contributed by atoms with Gasteiger partial charge in [0.15, 0.2) is 0 Å². The molecule has 0 saturated carbocycles. The van der Waals surface area contributed by atoms with Crippen LogP contribution in [0.2, 0.25) is 0 Å². The molecule has 0 fully saturated rings. The summed E-state index contributed by atoms with van der Waals surface area (Å²) in [5.41, 5.74) is 0.876. The Morgan fingerprint density at radius 3 is 2.65 bits per heavy atom. The van der Waals surface area contributed by atoms with Crippen LogP contribution in [0.3, 0.4) is 0 Å². The van der Waals surface area contributed by atoms with Crippen molar-refractivity contribution in [1.82, 2.24) is 10.3 Å². The number of aromatic nitrogens is 1. The van der Waals surface area contributed by atoms with Crippen LogP contribution in [0.5, 0.6) is 0 Å². The number of nitrogens with one attached hydrogen (secondary N) is 1. The standard InChI is InChI=1S/C11H17F3N2S/c1-3-15-9(4-5-11(12,13)14)6-10-7-17-8(2)16-10/h7,9,15H,3-6H2,1-2H3. The molecule has 0 amide bonds. The van der Waals surface area contributed by atoms with E-state index in [1.807, 2.05) is 19.2 Å². The molecule has 0 aliphatic carbocycles. The van der Waals surface area contributed by atoms with Gasteiger partial charge in [-0.05, 0) is 19.9 Å². The number of likely N-dealkylation sites (N-methyl/N-ethyl adjacent to an activating group) is 1. The van der Waals surface area contributed by atoms with Crippen LogP contribution < -0.4 is 5.32 Å². The first-order valence-corrected chi connectivity index (χ1v) is 6.50. The Kier molecular flexibility index (Phi) is 5.39. The van der Waals surface area contributed by atoms with Crippen LogP contribution in [0.25, 0.3) is 0 Å². The quantitative estimate of drug-likeness (QED) is 0.854. The Hall–Kier alpha value is -0.620. The van der Waals surface area contributed by atoms with Gasteiger partial charge in [0.1, 0.15) is 0 Å². The molecule has 1 atom stereocenters. The van der Waals surface area contributed by atoms with E-state index in [9.17, 15) is 13.2 Å². The fourth-order valence-electron chi connectivity index (χ4n) is 1.66. The molecule has 0 aliphatic rings. The van der Waals surface area contributed by atoms with Crippen LogP contribution in [0, 0.1) is 6.92 Å². The number of thiazole rings is 1. The van der Waals surface area contributed by atoms with E-state index in [1.165, 1.54) is 11.3 Å². The summed E-state index contributed by atoms with van der Waals surface area (Å²) in [7, 11) is 0. The highest BCUT2D eigenvalue weighted by atomic mass is 32.1. The SMILES string of the molecule is CCNC(CCC(F)(F)F)Cc1csc(C)n1. The van der Waals surface area contributed by atoms with E-state index < -0.39 is 12.6 Å². The van der Waals surface area contributed by atoms with Crippen LogP contribution in [-0.2, 0) is 6.42 Å². The summed E-state index contributed by atoms with van der Waals surface area (Å²) in [5.74, 6) is 0. The number of hydrogen-bond acceptors (Lipinski definition) is 3. The number of hydrogen-bond donors (Lipinski definition) is 1. The summed E-state index contributed by atoms with van der Waals surface area (Å²) < 4.78 is 36.5. The summed E-state index contributed by atoms with van der Waals surface area (Å²) in [6.07, 6.45) is -4.15. The maximum absolute atomic E-state index is 12.2. The fourth-order valence-corrected chi connectivity index (χ4v) is 2.28. The third-order valence-corrected chi connectivity index (χ3v) is 3.21. The van der Waals surface area contributed by atoms with Crippen LogP contribution in [-0.4, -0.2) is 23.7 Å². The van der Waals surface area contributed by atoms with Crippen molar-refractivity contribution >= 4 is 11.3 Å². The van der Waals surface area contributed by atoms with Gasteiger partial charge in [0.2, 0.25) is 0 Å². The molecule has 1 heterocycles. The molecule has 1 aromatic heterocycles. The van der Waals surface area contributed by atoms with Crippen LogP contribution in [0.15, 0.2) is 5.38 Å². The molecule has 1 aromatic rings. The normalized spacial score (nSPS) is 13.9. The van der Waals surface area contributed by atoms with Gasteiger partial charge in [-0.3, -0.25) is 0 Å². The van der Waals surface area contributed by atoms with Gasteiger partial charge in [0.05, 0.1) is 10.7 Å². The van der Waals surface area contributed by atoms with E-state index >= 15 is 0 Å². The largest absolute Gasteiger partial charge is 0.389 e. The summed E-state index contributed by atoms with van der Waals surface area (Å²) in [5, 5.41) is 5.94. The molecule has 1 N–H and O–H groups in total. The Morgan fingerprint density at radius 1 is 1.47 bits per heavy atom. The average molecular weight is 266 g/mol. The second-order valence-corrected chi connectivity index (χ2v) is 5.03. The second kappa shape index (κ2) is 6.35.